The van der Waals surface area contributed by atoms with E-state index in [1.807, 2.05) is 0 Å². The fraction of sp³-hybridized carbons (Fsp3) is 0.500. The predicted octanol–water partition coefficient (Wildman–Crippen LogP) is 2.35. The predicted molar refractivity (Wildman–Crippen MR) is 45.1 cm³/mol. The summed E-state index contributed by atoms with van der Waals surface area (Å²) in [6.07, 6.45) is -4.33. The Kier molecular flexibility index (Phi) is 2.56. The molecule has 1 heterocycles. The molecule has 2 N–H and O–H groups in total. The first-order valence-electron chi connectivity index (χ1n) is 3.39. The molecule has 7 heteroatoms. The molecule has 0 fully saturated rings. The highest BCUT2D eigenvalue weighted by molar-refractivity contribution is 9.10. The number of hydrogen-bond donors (Lipinski definition) is 1. The average molecular weight is 258 g/mol. The molecule has 74 valence electrons. The van der Waals surface area contributed by atoms with Crippen LogP contribution in [0.4, 0.5) is 19.0 Å². The van der Waals surface area contributed by atoms with Crippen LogP contribution >= 0.6 is 15.9 Å². The maximum atomic E-state index is 12.2. The molecule has 1 unspecified atom stereocenters. The molecule has 0 bridgehead atoms. The summed E-state index contributed by atoms with van der Waals surface area (Å²) >= 11 is 2.94. The van der Waals surface area contributed by atoms with Crippen LogP contribution in [0.25, 0.3) is 0 Å². The zero-order chi connectivity index (χ0) is 10.2. The third-order valence-corrected chi connectivity index (χ3v) is 1.96. The van der Waals surface area contributed by atoms with Crippen molar-refractivity contribution in [2.45, 2.75) is 19.1 Å². The van der Waals surface area contributed by atoms with Crippen molar-refractivity contribution < 1.29 is 13.2 Å². The van der Waals surface area contributed by atoms with Crippen LogP contribution in [0.5, 0.6) is 0 Å². The Labute approximate surface area is 80.8 Å². The number of rotatable bonds is 1. The van der Waals surface area contributed by atoms with E-state index in [4.69, 9.17) is 5.73 Å². The van der Waals surface area contributed by atoms with Gasteiger partial charge < -0.3 is 5.73 Å². The molecule has 13 heavy (non-hydrogen) atoms. The first-order valence-corrected chi connectivity index (χ1v) is 4.19. The molecule has 0 aliphatic heterocycles. The lowest BCUT2D eigenvalue weighted by molar-refractivity contribution is -0.164. The molecule has 0 saturated heterocycles. The lowest BCUT2D eigenvalue weighted by atomic mass is 10.3. The smallest absolute Gasteiger partial charge is 0.384 e. The van der Waals surface area contributed by atoms with Crippen molar-refractivity contribution in [3.63, 3.8) is 0 Å². The van der Waals surface area contributed by atoms with Crippen molar-refractivity contribution in [3.8, 4) is 0 Å². The van der Waals surface area contributed by atoms with Gasteiger partial charge in [0.2, 0.25) is 0 Å². The number of aromatic nitrogens is 2. The maximum absolute atomic E-state index is 12.2. The average Bonchev–Trinajstić information content (AvgIpc) is 2.26. The lowest BCUT2D eigenvalue weighted by Crippen LogP contribution is -2.25. The molecule has 0 aliphatic rings. The highest BCUT2D eigenvalue weighted by Crippen LogP contribution is 2.31. The maximum Gasteiger partial charge on any atom is 0.410 e. The topological polar surface area (TPSA) is 43.8 Å². The number of halogens is 4. The monoisotopic (exact) mass is 257 g/mol. The second-order valence-electron chi connectivity index (χ2n) is 2.55. The van der Waals surface area contributed by atoms with E-state index in [9.17, 15) is 13.2 Å². The van der Waals surface area contributed by atoms with Gasteiger partial charge in [0.25, 0.3) is 0 Å². The molecular formula is C6H7BrF3N3. The van der Waals surface area contributed by atoms with Crippen LogP contribution in [-0.4, -0.2) is 16.0 Å². The van der Waals surface area contributed by atoms with Gasteiger partial charge in [-0.3, -0.25) is 0 Å². The van der Waals surface area contributed by atoms with Crippen molar-refractivity contribution in [3.05, 3.63) is 10.7 Å². The van der Waals surface area contributed by atoms with Crippen LogP contribution in [-0.2, 0) is 0 Å². The van der Waals surface area contributed by atoms with Gasteiger partial charge in [0.05, 0.1) is 0 Å². The second kappa shape index (κ2) is 3.21. The Morgan fingerprint density at radius 1 is 1.62 bits per heavy atom. The van der Waals surface area contributed by atoms with Gasteiger partial charge in [0, 0.05) is 6.07 Å². The van der Waals surface area contributed by atoms with Gasteiger partial charge >= 0.3 is 6.18 Å². The van der Waals surface area contributed by atoms with Crippen LogP contribution in [0.1, 0.15) is 13.0 Å². The van der Waals surface area contributed by atoms with Gasteiger partial charge in [0.1, 0.15) is 16.5 Å². The zero-order valence-electron chi connectivity index (χ0n) is 6.64. The minimum atomic E-state index is -4.33. The van der Waals surface area contributed by atoms with E-state index in [-0.39, 0.29) is 5.82 Å². The molecule has 0 radical (unpaired) electrons. The van der Waals surface area contributed by atoms with Gasteiger partial charge in [-0.25, -0.2) is 4.68 Å². The third kappa shape index (κ3) is 2.15. The van der Waals surface area contributed by atoms with Crippen molar-refractivity contribution in [2.24, 2.45) is 0 Å². The fourth-order valence-electron chi connectivity index (χ4n) is 0.827. The molecule has 0 aliphatic carbocycles. The molecule has 0 saturated carbocycles. The standard InChI is InChI=1S/C6H7BrF3N3/c1-3(6(8,9)10)13-5(11)2-4(7)12-13/h2-3H,11H2,1H3. The highest BCUT2D eigenvalue weighted by Gasteiger charge is 2.38. The van der Waals surface area contributed by atoms with E-state index in [2.05, 4.69) is 21.0 Å². The fourth-order valence-corrected chi connectivity index (χ4v) is 1.23. The normalized spacial score (nSPS) is 14.5. The van der Waals surface area contributed by atoms with Crippen molar-refractivity contribution in [1.82, 2.24) is 9.78 Å². The molecular weight excluding hydrogens is 251 g/mol. The number of hydrogen-bond acceptors (Lipinski definition) is 2. The van der Waals surface area contributed by atoms with Crippen molar-refractivity contribution in [1.29, 1.82) is 0 Å². The second-order valence-corrected chi connectivity index (χ2v) is 3.37. The van der Waals surface area contributed by atoms with Crippen LogP contribution in [0.2, 0.25) is 0 Å². The molecule has 1 rings (SSSR count). The summed E-state index contributed by atoms with van der Waals surface area (Å²) in [7, 11) is 0. The Morgan fingerprint density at radius 2 is 2.15 bits per heavy atom. The van der Waals surface area contributed by atoms with Gasteiger partial charge in [-0.15, -0.1) is 0 Å². The summed E-state index contributed by atoms with van der Waals surface area (Å²) in [4.78, 5) is 0. The largest absolute Gasteiger partial charge is 0.410 e. The third-order valence-electron chi connectivity index (χ3n) is 1.58. The van der Waals surface area contributed by atoms with Crippen LogP contribution in [0.3, 0.4) is 0 Å². The molecule has 1 atom stereocenters. The summed E-state index contributed by atoms with van der Waals surface area (Å²) < 4.78 is 37.6. The Bertz CT molecular complexity index is 307. The minimum absolute atomic E-state index is 0.0169. The van der Waals surface area contributed by atoms with Crippen molar-refractivity contribution in [2.75, 3.05) is 5.73 Å². The van der Waals surface area contributed by atoms with E-state index in [1.54, 1.807) is 0 Å². The molecule has 0 spiro atoms. The molecule has 3 nitrogen and oxygen atoms in total. The summed E-state index contributed by atoms with van der Waals surface area (Å²) in [6.45, 7) is 0.996. The Balaban J connectivity index is 3.01. The number of alkyl halides is 3. The Morgan fingerprint density at radius 3 is 2.46 bits per heavy atom. The first kappa shape index (κ1) is 10.4. The summed E-state index contributed by atoms with van der Waals surface area (Å²) in [5.41, 5.74) is 5.31. The van der Waals surface area contributed by atoms with E-state index < -0.39 is 12.2 Å². The highest BCUT2D eigenvalue weighted by atomic mass is 79.9. The van der Waals surface area contributed by atoms with Crippen LogP contribution in [0.15, 0.2) is 10.7 Å². The van der Waals surface area contributed by atoms with E-state index >= 15 is 0 Å². The van der Waals surface area contributed by atoms with Gasteiger partial charge in [0.15, 0.2) is 0 Å². The van der Waals surface area contributed by atoms with E-state index in [1.165, 1.54) is 6.07 Å². The quantitative estimate of drug-likeness (QED) is 0.840. The number of nitrogens with two attached hydrogens (primary N) is 1. The summed E-state index contributed by atoms with van der Waals surface area (Å²) in [5, 5.41) is 3.56. The van der Waals surface area contributed by atoms with Gasteiger partial charge in [-0.1, -0.05) is 0 Å². The zero-order valence-corrected chi connectivity index (χ0v) is 8.22. The van der Waals surface area contributed by atoms with Gasteiger partial charge in [-0.05, 0) is 22.9 Å². The lowest BCUT2D eigenvalue weighted by Gasteiger charge is -2.16. The molecule has 0 amide bonds. The van der Waals surface area contributed by atoms with E-state index in [0.29, 0.717) is 4.60 Å². The molecule has 1 aromatic heterocycles. The van der Waals surface area contributed by atoms with E-state index in [0.717, 1.165) is 11.6 Å². The number of anilines is 1. The number of nitrogen functional groups attached to an aromatic ring is 1. The van der Waals surface area contributed by atoms with Crippen LogP contribution in [0, 0.1) is 0 Å². The Hall–Kier alpha value is -0.720. The van der Waals surface area contributed by atoms with Crippen molar-refractivity contribution >= 4 is 21.7 Å². The number of nitrogens with zero attached hydrogens (tertiary/aromatic N) is 2. The van der Waals surface area contributed by atoms with Crippen LogP contribution < -0.4 is 5.73 Å². The molecule has 0 aromatic carbocycles. The van der Waals surface area contributed by atoms with Gasteiger partial charge in [-0.2, -0.15) is 18.3 Å². The minimum Gasteiger partial charge on any atom is -0.384 e. The first-order chi connectivity index (χ1) is 5.82. The SMILES string of the molecule is CC(n1nc(Br)cc1N)C(F)(F)F. The molecule has 1 aromatic rings. The summed E-state index contributed by atoms with van der Waals surface area (Å²) in [5.74, 6) is -0.0169. The summed E-state index contributed by atoms with van der Waals surface area (Å²) in [6, 6.07) is -0.388.